The van der Waals surface area contributed by atoms with Crippen LogP contribution in [-0.4, -0.2) is 65.4 Å². The van der Waals surface area contributed by atoms with E-state index in [0.29, 0.717) is 19.3 Å². The normalized spacial score (nSPS) is 51.9. The molecule has 4 aliphatic heterocycles. The lowest BCUT2D eigenvalue weighted by atomic mass is 9.44. The van der Waals surface area contributed by atoms with Gasteiger partial charge in [-0.15, -0.1) is 6.58 Å². The van der Waals surface area contributed by atoms with E-state index in [9.17, 15) is 14.7 Å². The standard InChI is InChI=1S/C31H46N2O5/c1-6-28(4)18-24(29(5)19(2)7-9-31(20(3)26(28)35)10-8-21(34)25(29)31)37-27(36)22-17-23(32-38-22)30-11-14-33(15-12-30)16-13-30/h6,19-20,22,24-26,35H,1,7-18H2,2-5H3/t19-,20-,22?,24+,25?,26-,28+,29+,31-/m0/s1. The van der Waals surface area contributed by atoms with Gasteiger partial charge in [-0.2, -0.15) is 0 Å². The zero-order valence-corrected chi connectivity index (χ0v) is 23.7. The van der Waals surface area contributed by atoms with Crippen molar-refractivity contribution < 1.29 is 24.3 Å². The Morgan fingerprint density at radius 3 is 2.50 bits per heavy atom. The van der Waals surface area contributed by atoms with Crippen LogP contribution in [0, 0.1) is 39.4 Å². The van der Waals surface area contributed by atoms with Crippen LogP contribution in [-0.2, 0) is 19.2 Å². The molecule has 4 bridgehead atoms. The van der Waals surface area contributed by atoms with Crippen LogP contribution in [0.15, 0.2) is 17.8 Å². The van der Waals surface area contributed by atoms with Crippen molar-refractivity contribution >= 4 is 17.5 Å². The van der Waals surface area contributed by atoms with E-state index >= 15 is 0 Å². The molecule has 38 heavy (non-hydrogen) atoms. The zero-order chi connectivity index (χ0) is 27.1. The fourth-order valence-electron chi connectivity index (χ4n) is 9.79. The lowest BCUT2D eigenvalue weighted by Gasteiger charge is -2.61. The van der Waals surface area contributed by atoms with Crippen LogP contribution in [0.25, 0.3) is 0 Å². The van der Waals surface area contributed by atoms with Crippen LogP contribution < -0.4 is 0 Å². The lowest BCUT2D eigenvalue weighted by Crippen LogP contribution is -2.63. The summed E-state index contributed by atoms with van der Waals surface area (Å²) in [7, 11) is 0. The van der Waals surface area contributed by atoms with E-state index in [1.807, 2.05) is 13.0 Å². The van der Waals surface area contributed by atoms with Crippen LogP contribution >= 0.6 is 0 Å². The fraction of sp³-hybridized carbons (Fsp3) is 0.839. The maximum atomic E-state index is 13.8. The molecule has 0 spiro atoms. The molecule has 7 nitrogen and oxygen atoms in total. The van der Waals surface area contributed by atoms with Gasteiger partial charge in [0.05, 0.1) is 11.8 Å². The fourth-order valence-corrected chi connectivity index (χ4v) is 9.79. The molecule has 6 fully saturated rings. The maximum absolute atomic E-state index is 13.8. The third-order valence-corrected chi connectivity index (χ3v) is 12.8. The minimum Gasteiger partial charge on any atom is -0.459 e. The molecule has 0 aromatic rings. The molecule has 4 heterocycles. The van der Waals surface area contributed by atoms with Gasteiger partial charge in [-0.25, -0.2) is 4.79 Å². The van der Waals surface area contributed by atoms with Crippen LogP contribution in [0.4, 0.5) is 0 Å². The Kier molecular flexibility index (Phi) is 6.20. The van der Waals surface area contributed by atoms with Gasteiger partial charge in [-0.1, -0.05) is 38.9 Å². The van der Waals surface area contributed by atoms with Crippen molar-refractivity contribution in [2.75, 3.05) is 19.6 Å². The minimum absolute atomic E-state index is 0.0410. The average molecular weight is 527 g/mol. The van der Waals surface area contributed by atoms with Crippen molar-refractivity contribution in [3.63, 3.8) is 0 Å². The Bertz CT molecular complexity index is 1040. The number of esters is 1. The van der Waals surface area contributed by atoms with E-state index in [-0.39, 0.29) is 40.3 Å². The largest absolute Gasteiger partial charge is 0.459 e. The highest BCUT2D eigenvalue weighted by Gasteiger charge is 2.68. The van der Waals surface area contributed by atoms with Crippen LogP contribution in [0.2, 0.25) is 0 Å². The van der Waals surface area contributed by atoms with Gasteiger partial charge in [-0.05, 0) is 81.8 Å². The number of hydrogen-bond acceptors (Lipinski definition) is 7. The molecular weight excluding hydrogens is 480 g/mol. The first-order chi connectivity index (χ1) is 18.0. The number of aliphatic hydroxyl groups is 1. The van der Waals surface area contributed by atoms with Gasteiger partial charge >= 0.3 is 5.97 Å². The maximum Gasteiger partial charge on any atom is 0.350 e. The first kappa shape index (κ1) is 26.5. The van der Waals surface area contributed by atoms with Crippen LogP contribution in [0.1, 0.15) is 85.5 Å². The van der Waals surface area contributed by atoms with E-state index in [2.05, 4.69) is 37.4 Å². The number of nitrogens with zero attached hydrogens (tertiary/aromatic N) is 2. The summed E-state index contributed by atoms with van der Waals surface area (Å²) >= 11 is 0. The van der Waals surface area contributed by atoms with Crippen LogP contribution in [0.5, 0.6) is 0 Å². The van der Waals surface area contributed by atoms with E-state index < -0.39 is 29.1 Å². The third kappa shape index (κ3) is 3.56. The number of piperidine rings is 3. The number of Topliss-reactive ketones (excluding diaryl/α,β-unsaturated/α-hetero) is 1. The second kappa shape index (κ2) is 8.89. The Balaban J connectivity index is 1.29. The third-order valence-electron chi connectivity index (χ3n) is 12.8. The molecule has 0 aromatic heterocycles. The molecule has 9 atom stereocenters. The number of oxime groups is 1. The van der Waals surface area contributed by atoms with Gasteiger partial charge < -0.3 is 19.6 Å². The quantitative estimate of drug-likeness (QED) is 0.428. The highest BCUT2D eigenvalue weighted by molar-refractivity contribution is 5.95. The molecule has 3 saturated heterocycles. The summed E-state index contributed by atoms with van der Waals surface area (Å²) in [5.74, 6) is -0.173. The monoisotopic (exact) mass is 526 g/mol. The molecule has 0 aromatic carbocycles. The van der Waals surface area contributed by atoms with Crippen LogP contribution in [0.3, 0.4) is 0 Å². The van der Waals surface area contributed by atoms with Gasteiger partial charge in [-0.3, -0.25) is 4.79 Å². The van der Waals surface area contributed by atoms with Crippen molar-refractivity contribution in [2.24, 2.45) is 44.6 Å². The average Bonchev–Trinajstić information content (AvgIpc) is 3.57. The summed E-state index contributed by atoms with van der Waals surface area (Å²) in [6.45, 7) is 15.9. The smallest absolute Gasteiger partial charge is 0.350 e. The molecule has 0 radical (unpaired) electrons. The Hall–Kier alpha value is -1.73. The van der Waals surface area contributed by atoms with E-state index in [0.717, 1.165) is 63.9 Å². The molecule has 2 unspecified atom stereocenters. The first-order valence-electron chi connectivity index (χ1n) is 15.0. The molecule has 7 aliphatic rings. The predicted molar refractivity (Wildman–Crippen MR) is 144 cm³/mol. The molecule has 3 aliphatic carbocycles. The molecule has 1 N–H and O–H groups in total. The number of fused-ring (bicyclic) bond motifs is 3. The molecule has 7 heteroatoms. The van der Waals surface area contributed by atoms with Crippen molar-refractivity contribution in [1.29, 1.82) is 0 Å². The van der Waals surface area contributed by atoms with Gasteiger partial charge in [0, 0.05) is 35.0 Å². The summed E-state index contributed by atoms with van der Waals surface area (Å²) < 4.78 is 6.46. The molecule has 3 saturated carbocycles. The van der Waals surface area contributed by atoms with E-state index in [4.69, 9.17) is 9.57 Å². The Morgan fingerprint density at radius 1 is 1.16 bits per heavy atom. The highest BCUT2D eigenvalue weighted by Crippen LogP contribution is 2.68. The van der Waals surface area contributed by atoms with Crippen molar-refractivity contribution in [2.45, 2.75) is 104 Å². The number of ketones is 1. The Labute approximate surface area is 227 Å². The first-order valence-corrected chi connectivity index (χ1v) is 15.0. The van der Waals surface area contributed by atoms with Crippen molar-refractivity contribution in [3.05, 3.63) is 12.7 Å². The molecule has 210 valence electrons. The number of aliphatic hydroxyl groups excluding tert-OH is 1. The molecular formula is C31H46N2O5. The minimum atomic E-state index is -0.741. The summed E-state index contributed by atoms with van der Waals surface area (Å²) in [4.78, 5) is 35.6. The van der Waals surface area contributed by atoms with E-state index in [1.165, 1.54) is 0 Å². The molecule has 0 amide bonds. The summed E-state index contributed by atoms with van der Waals surface area (Å²) in [5, 5.41) is 16.2. The molecule has 7 rings (SSSR count). The highest BCUT2D eigenvalue weighted by atomic mass is 16.7. The zero-order valence-electron chi connectivity index (χ0n) is 23.7. The number of hydrogen-bond donors (Lipinski definition) is 1. The number of rotatable bonds is 4. The topological polar surface area (TPSA) is 88.4 Å². The second-order valence-corrected chi connectivity index (χ2v) is 14.2. The number of carbonyl (C=O) groups excluding carboxylic acids is 2. The number of ether oxygens (including phenoxy) is 1. The Morgan fingerprint density at radius 2 is 1.84 bits per heavy atom. The van der Waals surface area contributed by atoms with Crippen molar-refractivity contribution in [1.82, 2.24) is 4.90 Å². The van der Waals surface area contributed by atoms with E-state index in [1.54, 1.807) is 0 Å². The van der Waals surface area contributed by atoms with Gasteiger partial charge in [0.25, 0.3) is 0 Å². The van der Waals surface area contributed by atoms with Crippen molar-refractivity contribution in [3.8, 4) is 0 Å². The second-order valence-electron chi connectivity index (χ2n) is 14.2. The number of carbonyl (C=O) groups is 2. The summed E-state index contributed by atoms with van der Waals surface area (Å²) in [6.07, 6.45) is 7.30. The summed E-state index contributed by atoms with van der Waals surface area (Å²) in [5.41, 5.74) is -0.344. The summed E-state index contributed by atoms with van der Waals surface area (Å²) in [6, 6.07) is 0. The van der Waals surface area contributed by atoms with Gasteiger partial charge in [0.1, 0.15) is 11.9 Å². The SMILES string of the molecule is C=C[C@]1(C)C[C@@H](OC(=O)C2CC(C34CCN(CC3)CC4)=NO2)[C@]2(C)C3C(=O)CC[C@@]3(CC[C@@H]2C)[C@@H](C)[C@@H]1O. The lowest BCUT2D eigenvalue weighted by molar-refractivity contribution is -0.211. The predicted octanol–water partition coefficient (Wildman–Crippen LogP) is 4.52. The van der Waals surface area contributed by atoms with Gasteiger partial charge in [0.2, 0.25) is 6.10 Å². The van der Waals surface area contributed by atoms with Gasteiger partial charge in [0.15, 0.2) is 0 Å².